The fourth-order valence-electron chi connectivity index (χ4n) is 2.01. The minimum atomic E-state index is 0.163. The van der Waals surface area contributed by atoms with Crippen molar-refractivity contribution in [3.05, 3.63) is 29.2 Å². The number of aromatic nitrogens is 4. The molecule has 2 N–H and O–H groups in total. The molecule has 5 nitrogen and oxygen atoms in total. The summed E-state index contributed by atoms with van der Waals surface area (Å²) >= 11 is 1.55. The highest BCUT2D eigenvalue weighted by molar-refractivity contribution is 7.99. The Balaban J connectivity index is 2.31. The smallest absolute Gasteiger partial charge is 0.194 e. The maximum absolute atomic E-state index is 6.09. The lowest BCUT2D eigenvalue weighted by Crippen LogP contribution is -2.22. The van der Waals surface area contributed by atoms with Gasteiger partial charge in [0.2, 0.25) is 0 Å². The summed E-state index contributed by atoms with van der Waals surface area (Å²) in [6, 6.07) is 2.06. The molecule has 6 heteroatoms. The molecule has 0 aliphatic heterocycles. The lowest BCUT2D eigenvalue weighted by atomic mass is 10.1. The van der Waals surface area contributed by atoms with Gasteiger partial charge in [0.15, 0.2) is 5.16 Å². The Kier molecular flexibility index (Phi) is 4.77. The highest BCUT2D eigenvalue weighted by atomic mass is 32.2. The summed E-state index contributed by atoms with van der Waals surface area (Å²) in [6.45, 7) is 6.10. The van der Waals surface area contributed by atoms with Gasteiger partial charge in [-0.05, 0) is 44.5 Å². The van der Waals surface area contributed by atoms with E-state index in [4.69, 9.17) is 5.73 Å². The van der Waals surface area contributed by atoms with Crippen molar-refractivity contribution in [1.29, 1.82) is 0 Å². The second-order valence-corrected chi connectivity index (χ2v) is 5.90. The third-order valence-electron chi connectivity index (χ3n) is 3.24. The molecular weight excluding hydrogens is 270 g/mol. The average molecular weight is 291 g/mol. The molecule has 0 aliphatic rings. The molecule has 0 bridgehead atoms. The molecule has 0 fully saturated rings. The van der Waals surface area contributed by atoms with Gasteiger partial charge < -0.3 is 5.73 Å². The molecule has 20 heavy (non-hydrogen) atoms. The van der Waals surface area contributed by atoms with Crippen LogP contribution in [0.4, 0.5) is 0 Å². The predicted molar refractivity (Wildman–Crippen MR) is 80.8 cm³/mol. The summed E-state index contributed by atoms with van der Waals surface area (Å²) in [4.78, 5) is 8.74. The minimum Gasteiger partial charge on any atom is -0.327 e. The number of nitrogens with two attached hydrogens (primary N) is 1. The van der Waals surface area contributed by atoms with E-state index in [0.29, 0.717) is 0 Å². The zero-order valence-corrected chi connectivity index (χ0v) is 13.2. The van der Waals surface area contributed by atoms with Crippen LogP contribution < -0.4 is 5.73 Å². The van der Waals surface area contributed by atoms with Crippen molar-refractivity contribution in [3.63, 3.8) is 0 Å². The second-order valence-electron chi connectivity index (χ2n) is 4.95. The normalized spacial score (nSPS) is 12.7. The molecule has 0 amide bonds. The van der Waals surface area contributed by atoms with E-state index >= 15 is 0 Å². The van der Waals surface area contributed by atoms with Crippen molar-refractivity contribution in [3.8, 4) is 0 Å². The summed E-state index contributed by atoms with van der Waals surface area (Å²) in [5.41, 5.74) is 9.30. The number of rotatable bonds is 5. The molecule has 0 aliphatic carbocycles. The van der Waals surface area contributed by atoms with E-state index < -0.39 is 0 Å². The molecule has 0 saturated heterocycles. The van der Waals surface area contributed by atoms with Crippen LogP contribution in [-0.4, -0.2) is 25.8 Å². The van der Waals surface area contributed by atoms with Gasteiger partial charge in [0.05, 0.1) is 5.69 Å². The van der Waals surface area contributed by atoms with Crippen molar-refractivity contribution in [2.75, 3.05) is 0 Å². The molecule has 2 heterocycles. The first-order valence-corrected chi connectivity index (χ1v) is 7.58. The summed E-state index contributed by atoms with van der Waals surface area (Å²) in [5.74, 6) is 0. The summed E-state index contributed by atoms with van der Waals surface area (Å²) in [6.07, 6.45) is 3.58. The second kappa shape index (κ2) is 6.37. The zero-order chi connectivity index (χ0) is 14.7. The van der Waals surface area contributed by atoms with Gasteiger partial charge in [0.25, 0.3) is 0 Å². The van der Waals surface area contributed by atoms with E-state index in [1.165, 1.54) is 5.56 Å². The Bertz CT molecular complexity index is 593. The van der Waals surface area contributed by atoms with Crippen LogP contribution in [0.3, 0.4) is 0 Å². The molecule has 108 valence electrons. The van der Waals surface area contributed by atoms with Crippen LogP contribution in [0.2, 0.25) is 0 Å². The molecule has 0 saturated carbocycles. The van der Waals surface area contributed by atoms with Crippen molar-refractivity contribution in [2.45, 2.75) is 49.8 Å². The van der Waals surface area contributed by atoms with E-state index in [1.807, 2.05) is 31.6 Å². The summed E-state index contributed by atoms with van der Waals surface area (Å²) < 4.78 is 1.89. The van der Waals surface area contributed by atoms with Crippen molar-refractivity contribution in [2.24, 2.45) is 12.8 Å². The van der Waals surface area contributed by atoms with Gasteiger partial charge in [-0.2, -0.15) is 5.10 Å². The average Bonchev–Trinajstić information content (AvgIpc) is 2.65. The van der Waals surface area contributed by atoms with Gasteiger partial charge in [0, 0.05) is 30.5 Å². The van der Waals surface area contributed by atoms with E-state index in [9.17, 15) is 0 Å². The molecule has 0 radical (unpaired) electrons. The van der Waals surface area contributed by atoms with Crippen molar-refractivity contribution in [1.82, 2.24) is 19.7 Å². The summed E-state index contributed by atoms with van der Waals surface area (Å²) in [7, 11) is 1.95. The minimum absolute atomic E-state index is 0.163. The number of hydrogen-bond donors (Lipinski definition) is 1. The molecule has 2 aromatic heterocycles. The molecular formula is C14H21N5S. The molecule has 1 unspecified atom stereocenters. The number of hydrogen-bond acceptors (Lipinski definition) is 5. The molecule has 0 spiro atoms. The highest BCUT2D eigenvalue weighted by Crippen LogP contribution is 2.30. The van der Waals surface area contributed by atoms with Gasteiger partial charge in [-0.3, -0.25) is 4.68 Å². The largest absolute Gasteiger partial charge is 0.327 e. The topological polar surface area (TPSA) is 69.6 Å². The van der Waals surface area contributed by atoms with Gasteiger partial charge in [-0.1, -0.05) is 6.92 Å². The monoisotopic (exact) mass is 291 g/mol. The van der Waals surface area contributed by atoms with Gasteiger partial charge >= 0.3 is 0 Å². The van der Waals surface area contributed by atoms with E-state index in [1.54, 1.807) is 18.0 Å². The first-order chi connectivity index (χ1) is 9.51. The lowest BCUT2D eigenvalue weighted by molar-refractivity contribution is 0.631. The fourth-order valence-corrected chi connectivity index (χ4v) is 3.01. The van der Waals surface area contributed by atoms with E-state index in [2.05, 4.69) is 22.0 Å². The standard InChI is InChI=1S/C14H21N5S/c1-5-11(15)8-12-10(3)18-19(4)13(12)20-14-16-7-6-9(2)17-14/h6-7,11H,5,8,15H2,1-4H3. The molecule has 0 aromatic carbocycles. The third-order valence-corrected chi connectivity index (χ3v) is 4.32. The maximum atomic E-state index is 6.09. The SMILES string of the molecule is CCC(N)Cc1c(C)nn(C)c1Sc1nccc(C)n1. The van der Waals surface area contributed by atoms with Crippen LogP contribution in [0.15, 0.2) is 22.4 Å². The maximum Gasteiger partial charge on any atom is 0.194 e. The predicted octanol–water partition coefficient (Wildman–Crippen LogP) is 2.26. The van der Waals surface area contributed by atoms with Crippen LogP contribution in [0.1, 0.15) is 30.3 Å². The Morgan fingerprint density at radius 3 is 2.80 bits per heavy atom. The van der Waals surface area contributed by atoms with Crippen LogP contribution in [-0.2, 0) is 13.5 Å². The quantitative estimate of drug-likeness (QED) is 0.856. The van der Waals surface area contributed by atoms with Crippen molar-refractivity contribution >= 4 is 11.8 Å². The van der Waals surface area contributed by atoms with Gasteiger partial charge in [-0.15, -0.1) is 0 Å². The Labute approximate surface area is 124 Å². The molecule has 2 rings (SSSR count). The zero-order valence-electron chi connectivity index (χ0n) is 12.4. The van der Waals surface area contributed by atoms with Crippen molar-refractivity contribution < 1.29 is 0 Å². The van der Waals surface area contributed by atoms with Crippen LogP contribution >= 0.6 is 11.8 Å². The molecule has 1 atom stereocenters. The Morgan fingerprint density at radius 2 is 2.15 bits per heavy atom. The number of aryl methyl sites for hydroxylation is 3. The first-order valence-electron chi connectivity index (χ1n) is 6.76. The lowest BCUT2D eigenvalue weighted by Gasteiger charge is -2.10. The third kappa shape index (κ3) is 3.37. The van der Waals surface area contributed by atoms with Gasteiger partial charge in [-0.25, -0.2) is 9.97 Å². The van der Waals surface area contributed by atoms with E-state index in [-0.39, 0.29) is 6.04 Å². The summed E-state index contributed by atoms with van der Waals surface area (Å²) in [5, 5.41) is 6.33. The molecule has 2 aromatic rings. The van der Waals surface area contributed by atoms with Crippen LogP contribution in [0.25, 0.3) is 0 Å². The number of nitrogens with zero attached hydrogens (tertiary/aromatic N) is 4. The van der Waals surface area contributed by atoms with Crippen LogP contribution in [0.5, 0.6) is 0 Å². The highest BCUT2D eigenvalue weighted by Gasteiger charge is 2.17. The Hall–Kier alpha value is -1.40. The van der Waals surface area contributed by atoms with E-state index in [0.717, 1.165) is 34.4 Å². The van der Waals surface area contributed by atoms with Crippen LogP contribution in [0, 0.1) is 13.8 Å². The Morgan fingerprint density at radius 1 is 1.40 bits per heavy atom. The van der Waals surface area contributed by atoms with Gasteiger partial charge in [0.1, 0.15) is 5.03 Å². The first kappa shape index (κ1) is 15.0. The fraction of sp³-hybridized carbons (Fsp3) is 0.500.